The minimum absolute atomic E-state index is 0.0944. The molecule has 1 N–H and O–H groups in total. The van der Waals surface area contributed by atoms with Gasteiger partial charge in [0.1, 0.15) is 17.0 Å². The molecule has 1 atom stereocenters. The molecule has 3 rings (SSSR count). The van der Waals surface area contributed by atoms with Crippen LogP contribution in [0.5, 0.6) is 0 Å². The molecule has 1 aliphatic heterocycles. The zero-order chi connectivity index (χ0) is 20.1. The zero-order valence-corrected chi connectivity index (χ0v) is 16.8. The van der Waals surface area contributed by atoms with Crippen LogP contribution in [-0.2, 0) is 16.0 Å². The van der Waals surface area contributed by atoms with Crippen LogP contribution in [0.15, 0.2) is 40.9 Å². The van der Waals surface area contributed by atoms with Gasteiger partial charge in [-0.1, -0.05) is 35.5 Å². The van der Waals surface area contributed by atoms with Crippen LogP contribution in [0.2, 0.25) is 0 Å². The van der Waals surface area contributed by atoms with E-state index >= 15 is 0 Å². The number of hydrogen-bond donors (Lipinski definition) is 1. The molecule has 2 amide bonds. The Hall–Kier alpha value is -2.67. The summed E-state index contributed by atoms with van der Waals surface area (Å²) >= 11 is 0. The molecule has 1 aromatic heterocycles. The zero-order valence-electron chi connectivity index (χ0n) is 16.8. The standard InChI is InChI=1S/C21H28N4O3/c1-16(26)25-12-7-10-21(25,20(27)22-11-13-24(2)3)15-18-14-19(23-28-18)17-8-5-4-6-9-17/h4-6,8-9,14H,7,10-13,15H2,1-3H3,(H,22,27). The Bertz CT molecular complexity index is 818. The predicted octanol–water partition coefficient (Wildman–Crippen LogP) is 1.94. The fraction of sp³-hybridized carbons (Fsp3) is 0.476. The Morgan fingerprint density at radius 2 is 2.04 bits per heavy atom. The molecule has 0 radical (unpaired) electrons. The Balaban J connectivity index is 1.83. The molecule has 0 aliphatic carbocycles. The van der Waals surface area contributed by atoms with E-state index in [1.165, 1.54) is 6.92 Å². The van der Waals surface area contributed by atoms with Gasteiger partial charge in [0.2, 0.25) is 11.8 Å². The molecular formula is C21H28N4O3. The normalized spacial score (nSPS) is 19.2. The summed E-state index contributed by atoms with van der Waals surface area (Å²) in [6.45, 7) is 3.37. The van der Waals surface area contributed by atoms with Gasteiger partial charge in [-0.05, 0) is 26.9 Å². The van der Waals surface area contributed by atoms with Crippen LogP contribution in [-0.4, -0.2) is 66.0 Å². The maximum absolute atomic E-state index is 13.2. The van der Waals surface area contributed by atoms with Crippen LogP contribution in [0, 0.1) is 0 Å². The van der Waals surface area contributed by atoms with E-state index in [2.05, 4.69) is 10.5 Å². The predicted molar refractivity (Wildman–Crippen MR) is 107 cm³/mol. The summed E-state index contributed by atoms with van der Waals surface area (Å²) in [6, 6.07) is 11.6. The molecule has 150 valence electrons. The van der Waals surface area contributed by atoms with Crippen molar-refractivity contribution in [3.8, 4) is 11.3 Å². The van der Waals surface area contributed by atoms with Gasteiger partial charge in [0.15, 0.2) is 0 Å². The topological polar surface area (TPSA) is 78.7 Å². The van der Waals surface area contributed by atoms with Crippen molar-refractivity contribution in [1.29, 1.82) is 0 Å². The molecule has 1 aromatic carbocycles. The third-order valence-corrected chi connectivity index (χ3v) is 5.23. The molecule has 1 fully saturated rings. The van der Waals surface area contributed by atoms with Gasteiger partial charge in [0.05, 0.1) is 0 Å². The number of benzene rings is 1. The number of nitrogens with zero attached hydrogens (tertiary/aromatic N) is 3. The molecule has 1 unspecified atom stereocenters. The van der Waals surface area contributed by atoms with E-state index in [0.29, 0.717) is 31.7 Å². The minimum atomic E-state index is -0.925. The fourth-order valence-electron chi connectivity index (χ4n) is 3.82. The number of hydrogen-bond acceptors (Lipinski definition) is 5. The summed E-state index contributed by atoms with van der Waals surface area (Å²) in [5, 5.41) is 7.16. The summed E-state index contributed by atoms with van der Waals surface area (Å²) in [4.78, 5) is 29.1. The number of likely N-dealkylation sites (tertiary alicyclic amines) is 1. The van der Waals surface area contributed by atoms with Crippen molar-refractivity contribution >= 4 is 11.8 Å². The monoisotopic (exact) mass is 384 g/mol. The summed E-state index contributed by atoms with van der Waals surface area (Å²) < 4.78 is 5.55. The Morgan fingerprint density at radius 1 is 1.29 bits per heavy atom. The lowest BCUT2D eigenvalue weighted by atomic mass is 9.89. The van der Waals surface area contributed by atoms with Crippen molar-refractivity contribution in [3.05, 3.63) is 42.2 Å². The van der Waals surface area contributed by atoms with Crippen molar-refractivity contribution in [2.24, 2.45) is 0 Å². The highest BCUT2D eigenvalue weighted by atomic mass is 16.5. The number of nitrogens with one attached hydrogen (secondary N) is 1. The van der Waals surface area contributed by atoms with Crippen molar-refractivity contribution in [3.63, 3.8) is 0 Å². The number of aromatic nitrogens is 1. The highest BCUT2D eigenvalue weighted by Crippen LogP contribution is 2.34. The lowest BCUT2D eigenvalue weighted by molar-refractivity contribution is -0.143. The quantitative estimate of drug-likeness (QED) is 0.789. The smallest absolute Gasteiger partial charge is 0.246 e. The van der Waals surface area contributed by atoms with Gasteiger partial charge in [-0.15, -0.1) is 0 Å². The summed E-state index contributed by atoms with van der Waals surface area (Å²) in [5.74, 6) is 0.387. The summed E-state index contributed by atoms with van der Waals surface area (Å²) in [7, 11) is 3.91. The summed E-state index contributed by atoms with van der Waals surface area (Å²) in [6.07, 6.45) is 1.72. The van der Waals surface area contributed by atoms with Gasteiger partial charge < -0.3 is 19.6 Å². The fourth-order valence-corrected chi connectivity index (χ4v) is 3.82. The molecule has 7 heteroatoms. The van der Waals surface area contributed by atoms with E-state index in [-0.39, 0.29) is 11.8 Å². The van der Waals surface area contributed by atoms with E-state index in [9.17, 15) is 9.59 Å². The molecule has 0 bridgehead atoms. The van der Waals surface area contributed by atoms with Crippen LogP contribution in [0.25, 0.3) is 11.3 Å². The average Bonchev–Trinajstić information content (AvgIpc) is 3.30. The van der Waals surface area contributed by atoms with Crippen molar-refractivity contribution in [2.75, 3.05) is 33.7 Å². The first-order chi connectivity index (χ1) is 13.4. The van der Waals surface area contributed by atoms with Crippen LogP contribution >= 0.6 is 0 Å². The third-order valence-electron chi connectivity index (χ3n) is 5.23. The van der Waals surface area contributed by atoms with Gasteiger partial charge in [-0.2, -0.15) is 0 Å². The molecule has 2 aromatic rings. The second kappa shape index (κ2) is 8.56. The number of carbonyl (C=O) groups is 2. The SMILES string of the molecule is CC(=O)N1CCCC1(Cc1cc(-c2ccccc2)no1)C(=O)NCCN(C)C. The highest BCUT2D eigenvalue weighted by molar-refractivity contribution is 5.91. The maximum atomic E-state index is 13.2. The Labute approximate surface area is 165 Å². The van der Waals surface area contributed by atoms with Gasteiger partial charge in [-0.25, -0.2) is 0 Å². The van der Waals surface area contributed by atoms with Crippen LogP contribution in [0.1, 0.15) is 25.5 Å². The first-order valence-corrected chi connectivity index (χ1v) is 9.64. The first-order valence-electron chi connectivity index (χ1n) is 9.64. The Kier molecular flexibility index (Phi) is 6.14. The van der Waals surface area contributed by atoms with Crippen molar-refractivity contribution in [1.82, 2.24) is 20.3 Å². The van der Waals surface area contributed by atoms with Crippen LogP contribution < -0.4 is 5.32 Å². The average molecular weight is 384 g/mol. The molecule has 7 nitrogen and oxygen atoms in total. The molecule has 28 heavy (non-hydrogen) atoms. The van der Waals surface area contributed by atoms with E-state index in [1.54, 1.807) is 4.90 Å². The number of amides is 2. The first kappa shape index (κ1) is 20.1. The highest BCUT2D eigenvalue weighted by Gasteiger charge is 2.49. The summed E-state index contributed by atoms with van der Waals surface area (Å²) in [5.41, 5.74) is 0.758. The van der Waals surface area contributed by atoms with Gasteiger partial charge in [-0.3, -0.25) is 9.59 Å². The molecule has 0 saturated carbocycles. The van der Waals surface area contributed by atoms with E-state index in [1.807, 2.05) is 55.4 Å². The van der Waals surface area contributed by atoms with E-state index < -0.39 is 5.54 Å². The molecule has 1 aliphatic rings. The van der Waals surface area contributed by atoms with Crippen LogP contribution in [0.3, 0.4) is 0 Å². The Morgan fingerprint density at radius 3 is 2.71 bits per heavy atom. The molecular weight excluding hydrogens is 356 g/mol. The third kappa shape index (κ3) is 4.25. The van der Waals surface area contributed by atoms with Gasteiger partial charge in [0.25, 0.3) is 0 Å². The molecule has 0 spiro atoms. The number of rotatable bonds is 7. The van der Waals surface area contributed by atoms with Crippen LogP contribution in [0.4, 0.5) is 0 Å². The molecule has 2 heterocycles. The maximum Gasteiger partial charge on any atom is 0.246 e. The largest absolute Gasteiger partial charge is 0.361 e. The minimum Gasteiger partial charge on any atom is -0.361 e. The van der Waals surface area contributed by atoms with Crippen molar-refractivity contribution in [2.45, 2.75) is 31.7 Å². The second-order valence-corrected chi connectivity index (χ2v) is 7.59. The molecule has 1 saturated heterocycles. The van der Waals surface area contributed by atoms with E-state index in [4.69, 9.17) is 4.52 Å². The van der Waals surface area contributed by atoms with Gasteiger partial charge in [0, 0.05) is 44.6 Å². The van der Waals surface area contributed by atoms with E-state index in [0.717, 1.165) is 24.2 Å². The lowest BCUT2D eigenvalue weighted by Crippen LogP contribution is -2.58. The van der Waals surface area contributed by atoms with Crippen molar-refractivity contribution < 1.29 is 14.1 Å². The number of likely N-dealkylation sites (N-methyl/N-ethyl adjacent to an activating group) is 1. The number of carbonyl (C=O) groups excluding carboxylic acids is 2. The second-order valence-electron chi connectivity index (χ2n) is 7.59. The lowest BCUT2D eigenvalue weighted by Gasteiger charge is -2.36. The van der Waals surface area contributed by atoms with Gasteiger partial charge >= 0.3 is 0 Å².